The molecule has 1 N–H and O–H groups in total. The molecule has 0 aromatic carbocycles. The molecule has 0 fully saturated rings. The van der Waals surface area contributed by atoms with Crippen molar-refractivity contribution in [1.29, 1.82) is 0 Å². The van der Waals surface area contributed by atoms with E-state index in [-0.39, 0.29) is 5.69 Å². The van der Waals surface area contributed by atoms with Crippen molar-refractivity contribution >= 4 is 11.9 Å². The number of aromatic amines is 1. The van der Waals surface area contributed by atoms with E-state index in [1.165, 1.54) is 0 Å². The van der Waals surface area contributed by atoms with Gasteiger partial charge in [0.25, 0.3) is 0 Å². The summed E-state index contributed by atoms with van der Waals surface area (Å²) >= 11 is 0. The lowest BCUT2D eigenvalue weighted by Crippen LogP contribution is -2.34. The molecule has 0 atom stereocenters. The summed E-state index contributed by atoms with van der Waals surface area (Å²) in [5, 5.41) is 0. The lowest BCUT2D eigenvalue weighted by atomic mass is 10.2. The first-order valence-electron chi connectivity index (χ1n) is 10.1. The molecule has 0 aliphatic heterocycles. The minimum atomic E-state index is -0.295. The van der Waals surface area contributed by atoms with Gasteiger partial charge in [0, 0.05) is 26.2 Å². The van der Waals surface area contributed by atoms with Gasteiger partial charge in [-0.1, -0.05) is 53.4 Å². The molecule has 1 aromatic rings. The van der Waals surface area contributed by atoms with Gasteiger partial charge < -0.3 is 9.80 Å². The lowest BCUT2D eigenvalue weighted by Gasteiger charge is -2.26. The maximum Gasteiger partial charge on any atom is 0.351 e. The van der Waals surface area contributed by atoms with Crippen molar-refractivity contribution in [2.24, 2.45) is 0 Å². The maximum atomic E-state index is 12.2. The number of H-pyrrole nitrogens is 1. The maximum absolute atomic E-state index is 12.2. The first kappa shape index (κ1) is 21.5. The van der Waals surface area contributed by atoms with Gasteiger partial charge in [-0.05, 0) is 25.7 Å². The van der Waals surface area contributed by atoms with E-state index in [0.717, 1.165) is 77.5 Å². The van der Waals surface area contributed by atoms with E-state index < -0.39 is 0 Å². The highest BCUT2D eigenvalue weighted by Crippen LogP contribution is 2.14. The predicted molar refractivity (Wildman–Crippen MR) is 107 cm³/mol. The first-order chi connectivity index (χ1) is 12.2. The van der Waals surface area contributed by atoms with E-state index in [9.17, 15) is 4.79 Å². The van der Waals surface area contributed by atoms with Gasteiger partial charge in [0.15, 0.2) is 0 Å². The monoisotopic (exact) mass is 351 g/mol. The molecule has 0 bridgehead atoms. The number of hydrogen-bond acceptors (Lipinski definition) is 5. The van der Waals surface area contributed by atoms with Gasteiger partial charge in [-0.15, -0.1) is 0 Å². The highest BCUT2D eigenvalue weighted by molar-refractivity contribution is 5.37. The van der Waals surface area contributed by atoms with E-state index in [4.69, 9.17) is 4.98 Å². The van der Waals surface area contributed by atoms with Crippen LogP contribution in [0.4, 0.5) is 11.9 Å². The van der Waals surface area contributed by atoms with E-state index in [0.29, 0.717) is 11.9 Å². The summed E-state index contributed by atoms with van der Waals surface area (Å²) in [6.07, 6.45) is 8.87. The molecule has 6 nitrogen and oxygen atoms in total. The molecule has 0 unspecified atom stereocenters. The average molecular weight is 352 g/mol. The number of nitrogens with one attached hydrogen (secondary N) is 1. The van der Waals surface area contributed by atoms with E-state index >= 15 is 0 Å². The van der Waals surface area contributed by atoms with Gasteiger partial charge >= 0.3 is 5.69 Å². The molecule has 0 saturated heterocycles. The molecule has 25 heavy (non-hydrogen) atoms. The Morgan fingerprint density at radius 3 is 1.60 bits per heavy atom. The second-order valence-corrected chi connectivity index (χ2v) is 6.67. The molecule has 0 spiro atoms. The largest absolute Gasteiger partial charge is 0.351 e. The highest BCUT2D eigenvalue weighted by Gasteiger charge is 2.15. The van der Waals surface area contributed by atoms with Gasteiger partial charge in [0.05, 0.1) is 0 Å². The van der Waals surface area contributed by atoms with Crippen LogP contribution in [-0.4, -0.2) is 41.1 Å². The molecular formula is C19H37N5O. The minimum Gasteiger partial charge on any atom is -0.342 e. The molecule has 0 radical (unpaired) electrons. The molecule has 144 valence electrons. The fourth-order valence-corrected chi connectivity index (χ4v) is 2.68. The second-order valence-electron chi connectivity index (χ2n) is 6.67. The average Bonchev–Trinajstić information content (AvgIpc) is 2.61. The third-order valence-corrected chi connectivity index (χ3v) is 4.33. The van der Waals surface area contributed by atoms with Gasteiger partial charge in [-0.3, -0.25) is 4.98 Å². The van der Waals surface area contributed by atoms with Crippen molar-refractivity contribution in [3.8, 4) is 0 Å². The van der Waals surface area contributed by atoms with Gasteiger partial charge in [-0.25, -0.2) is 4.79 Å². The number of nitrogens with zero attached hydrogens (tertiary/aromatic N) is 4. The lowest BCUT2D eigenvalue weighted by molar-refractivity contribution is 0.641. The SMILES string of the molecule is CCCCN(CCCC)c1nc(N(CCCC)CCCC)[nH]c(=O)n1. The summed E-state index contributed by atoms with van der Waals surface area (Å²) in [5.41, 5.74) is -0.295. The van der Waals surface area contributed by atoms with Crippen LogP contribution >= 0.6 is 0 Å². The van der Waals surface area contributed by atoms with Crippen LogP contribution in [0.2, 0.25) is 0 Å². The number of unbranched alkanes of at least 4 members (excludes halogenated alkanes) is 4. The predicted octanol–water partition coefficient (Wildman–Crippen LogP) is 3.98. The fourth-order valence-electron chi connectivity index (χ4n) is 2.68. The van der Waals surface area contributed by atoms with Gasteiger partial charge in [0.2, 0.25) is 11.9 Å². The first-order valence-corrected chi connectivity index (χ1v) is 10.1. The van der Waals surface area contributed by atoms with Crippen LogP contribution in [0.1, 0.15) is 79.1 Å². The summed E-state index contributed by atoms with van der Waals surface area (Å²) < 4.78 is 0. The number of anilines is 2. The zero-order valence-electron chi connectivity index (χ0n) is 16.7. The van der Waals surface area contributed by atoms with Crippen LogP contribution in [0.25, 0.3) is 0 Å². The van der Waals surface area contributed by atoms with Crippen LogP contribution in [0.15, 0.2) is 4.79 Å². The third kappa shape index (κ3) is 7.88. The normalized spacial score (nSPS) is 10.9. The molecule has 0 amide bonds. The Kier molecular flexibility index (Phi) is 10.9. The molecule has 0 saturated carbocycles. The van der Waals surface area contributed by atoms with Crippen molar-refractivity contribution in [3.05, 3.63) is 10.5 Å². The molecule has 1 heterocycles. The summed E-state index contributed by atoms with van der Waals surface area (Å²) in [4.78, 5) is 28.3. The molecule has 1 rings (SSSR count). The Bertz CT molecular complexity index is 460. The van der Waals surface area contributed by atoms with Crippen LogP contribution in [0.3, 0.4) is 0 Å². The van der Waals surface area contributed by atoms with Crippen LogP contribution < -0.4 is 15.5 Å². The summed E-state index contributed by atoms with van der Waals surface area (Å²) in [5.74, 6) is 1.26. The van der Waals surface area contributed by atoms with Crippen molar-refractivity contribution in [2.75, 3.05) is 36.0 Å². The van der Waals surface area contributed by atoms with Crippen LogP contribution in [0.5, 0.6) is 0 Å². The Labute approximate surface area is 153 Å². The Morgan fingerprint density at radius 1 is 0.720 bits per heavy atom. The topological polar surface area (TPSA) is 65.1 Å². The molecule has 0 aliphatic rings. The highest BCUT2D eigenvalue weighted by atomic mass is 16.1. The molecule has 0 aliphatic carbocycles. The zero-order valence-corrected chi connectivity index (χ0v) is 16.7. The van der Waals surface area contributed by atoms with Crippen molar-refractivity contribution in [3.63, 3.8) is 0 Å². The van der Waals surface area contributed by atoms with Gasteiger partial charge in [-0.2, -0.15) is 9.97 Å². The number of hydrogen-bond donors (Lipinski definition) is 1. The standard InChI is InChI=1S/C19H37N5O/c1-5-9-13-23(14-10-6-2)17-20-18(22-19(25)21-17)24(15-11-7-3)16-12-8-4/h5-16H2,1-4H3,(H,20,21,22,25). The van der Waals surface area contributed by atoms with E-state index in [1.54, 1.807) is 0 Å². The second kappa shape index (κ2) is 12.7. The number of rotatable bonds is 14. The van der Waals surface area contributed by atoms with Crippen molar-refractivity contribution < 1.29 is 0 Å². The van der Waals surface area contributed by atoms with Crippen molar-refractivity contribution in [1.82, 2.24) is 15.0 Å². The summed E-state index contributed by atoms with van der Waals surface area (Å²) in [7, 11) is 0. The summed E-state index contributed by atoms with van der Waals surface area (Å²) in [6.45, 7) is 12.4. The summed E-state index contributed by atoms with van der Waals surface area (Å²) in [6, 6.07) is 0. The molecular weight excluding hydrogens is 314 g/mol. The Morgan fingerprint density at radius 2 is 1.16 bits per heavy atom. The van der Waals surface area contributed by atoms with Crippen LogP contribution in [0, 0.1) is 0 Å². The van der Waals surface area contributed by atoms with E-state index in [2.05, 4.69) is 47.5 Å². The molecule has 6 heteroatoms. The Balaban J connectivity index is 3.04. The smallest absolute Gasteiger partial charge is 0.342 e. The minimum absolute atomic E-state index is 0.295. The van der Waals surface area contributed by atoms with Crippen LogP contribution in [-0.2, 0) is 0 Å². The van der Waals surface area contributed by atoms with Crippen molar-refractivity contribution in [2.45, 2.75) is 79.1 Å². The third-order valence-electron chi connectivity index (χ3n) is 4.33. The van der Waals surface area contributed by atoms with Gasteiger partial charge in [0.1, 0.15) is 0 Å². The van der Waals surface area contributed by atoms with E-state index in [1.807, 2.05) is 0 Å². The zero-order chi connectivity index (χ0) is 18.5. The fraction of sp³-hybridized carbons (Fsp3) is 0.842. The molecule has 1 aromatic heterocycles. The quantitative estimate of drug-likeness (QED) is 0.549. The Hall–Kier alpha value is -1.59. The number of aromatic nitrogens is 3.